The summed E-state index contributed by atoms with van der Waals surface area (Å²) in [6.07, 6.45) is 0. The van der Waals surface area contributed by atoms with Crippen molar-refractivity contribution in [2.45, 2.75) is 19.9 Å². The van der Waals surface area contributed by atoms with E-state index in [4.69, 9.17) is 5.11 Å². The molecule has 2 N–H and O–H groups in total. The van der Waals surface area contributed by atoms with Gasteiger partial charge in [-0.3, -0.25) is 0 Å². The van der Waals surface area contributed by atoms with Crippen LogP contribution >= 0.6 is 11.3 Å². The molecular weight excluding hydrogens is 248 g/mol. The minimum absolute atomic E-state index is 0.0957. The van der Waals surface area contributed by atoms with E-state index in [1.807, 2.05) is 37.3 Å². The summed E-state index contributed by atoms with van der Waals surface area (Å²) in [6, 6.07) is 10.1. The summed E-state index contributed by atoms with van der Waals surface area (Å²) in [6.45, 7) is 3.78. The molecule has 1 unspecified atom stereocenters. The van der Waals surface area contributed by atoms with Crippen LogP contribution in [-0.2, 0) is 0 Å². The van der Waals surface area contributed by atoms with Gasteiger partial charge in [0.15, 0.2) is 10.8 Å². The minimum Gasteiger partial charge on any atom is -0.476 e. The number of nitrogens with zero attached hydrogens (tertiary/aromatic N) is 1. The van der Waals surface area contributed by atoms with Gasteiger partial charge in [-0.15, -0.1) is 11.3 Å². The second-order valence-electron chi connectivity index (χ2n) is 4.01. The average molecular weight is 262 g/mol. The molecule has 2 rings (SSSR count). The van der Waals surface area contributed by atoms with E-state index in [2.05, 4.69) is 10.3 Å². The fourth-order valence-corrected chi connectivity index (χ4v) is 2.56. The molecule has 0 saturated carbocycles. The fourth-order valence-electron chi connectivity index (χ4n) is 1.67. The molecule has 0 saturated heterocycles. The van der Waals surface area contributed by atoms with Crippen molar-refractivity contribution in [3.63, 3.8) is 0 Å². The predicted molar refractivity (Wildman–Crippen MR) is 72.3 cm³/mol. The Hall–Kier alpha value is -1.88. The number of hydrogen-bond donors (Lipinski definition) is 2. The Bertz CT molecular complexity index is 551. The van der Waals surface area contributed by atoms with Crippen LogP contribution in [-0.4, -0.2) is 16.1 Å². The zero-order valence-electron chi connectivity index (χ0n) is 10.2. The second-order valence-corrected chi connectivity index (χ2v) is 5.21. The van der Waals surface area contributed by atoms with Crippen LogP contribution in [0.1, 0.15) is 33.9 Å². The molecule has 0 radical (unpaired) electrons. The number of carboxylic acid groups (broad SMARTS) is 1. The van der Waals surface area contributed by atoms with E-state index in [0.717, 1.165) is 5.56 Å². The van der Waals surface area contributed by atoms with Gasteiger partial charge in [-0.2, -0.15) is 0 Å². The van der Waals surface area contributed by atoms with Crippen LogP contribution in [0.3, 0.4) is 0 Å². The number of aryl methyl sites for hydroxylation is 1. The zero-order chi connectivity index (χ0) is 13.1. The number of aromatic carboxylic acids is 1. The molecule has 0 aliphatic carbocycles. The first-order valence-electron chi connectivity index (χ1n) is 5.60. The topological polar surface area (TPSA) is 62.2 Å². The van der Waals surface area contributed by atoms with Gasteiger partial charge >= 0.3 is 5.97 Å². The molecule has 1 heterocycles. The van der Waals surface area contributed by atoms with Crippen LogP contribution in [0.4, 0.5) is 5.13 Å². The normalized spacial score (nSPS) is 12.1. The first kappa shape index (κ1) is 12.6. The van der Waals surface area contributed by atoms with Gasteiger partial charge < -0.3 is 10.4 Å². The highest BCUT2D eigenvalue weighted by molar-refractivity contribution is 7.15. The lowest BCUT2D eigenvalue weighted by Gasteiger charge is -2.12. The van der Waals surface area contributed by atoms with Crippen molar-refractivity contribution in [1.82, 2.24) is 4.98 Å². The van der Waals surface area contributed by atoms with Crippen LogP contribution in [0.15, 0.2) is 30.3 Å². The summed E-state index contributed by atoms with van der Waals surface area (Å²) in [5.74, 6) is -0.982. The smallest absolute Gasteiger partial charge is 0.355 e. The van der Waals surface area contributed by atoms with Gasteiger partial charge in [0.25, 0.3) is 0 Å². The molecule has 0 aliphatic heterocycles. The van der Waals surface area contributed by atoms with Crippen molar-refractivity contribution < 1.29 is 9.90 Å². The van der Waals surface area contributed by atoms with E-state index in [1.165, 1.54) is 11.3 Å². The number of aromatic nitrogens is 1. The van der Waals surface area contributed by atoms with Crippen molar-refractivity contribution in [1.29, 1.82) is 0 Å². The van der Waals surface area contributed by atoms with E-state index >= 15 is 0 Å². The van der Waals surface area contributed by atoms with E-state index in [9.17, 15) is 4.79 Å². The maximum Gasteiger partial charge on any atom is 0.355 e. The number of benzene rings is 1. The summed E-state index contributed by atoms with van der Waals surface area (Å²) < 4.78 is 0. The number of thiazole rings is 1. The monoisotopic (exact) mass is 262 g/mol. The highest BCUT2D eigenvalue weighted by atomic mass is 32.1. The Morgan fingerprint density at radius 2 is 2.06 bits per heavy atom. The molecule has 0 bridgehead atoms. The lowest BCUT2D eigenvalue weighted by atomic mass is 10.1. The molecule has 4 nitrogen and oxygen atoms in total. The van der Waals surface area contributed by atoms with Crippen molar-refractivity contribution in [3.8, 4) is 0 Å². The minimum atomic E-state index is -0.982. The summed E-state index contributed by atoms with van der Waals surface area (Å²) in [4.78, 5) is 15.7. The molecule has 0 amide bonds. The lowest BCUT2D eigenvalue weighted by molar-refractivity contribution is 0.0690. The molecule has 0 fully saturated rings. The van der Waals surface area contributed by atoms with E-state index in [1.54, 1.807) is 6.92 Å². The van der Waals surface area contributed by atoms with Gasteiger partial charge in [0.1, 0.15) is 0 Å². The molecule has 94 valence electrons. The molecule has 1 aromatic heterocycles. The first-order chi connectivity index (χ1) is 8.58. The van der Waals surface area contributed by atoms with Crippen molar-refractivity contribution >= 4 is 22.4 Å². The molecular formula is C13H14N2O2S. The van der Waals surface area contributed by atoms with Crippen LogP contribution in [0.25, 0.3) is 0 Å². The third-order valence-electron chi connectivity index (χ3n) is 2.64. The Kier molecular flexibility index (Phi) is 3.62. The number of hydrogen-bond acceptors (Lipinski definition) is 4. The Morgan fingerprint density at radius 1 is 1.39 bits per heavy atom. The van der Waals surface area contributed by atoms with Crippen molar-refractivity contribution in [3.05, 3.63) is 46.5 Å². The molecule has 1 atom stereocenters. The third-order valence-corrected chi connectivity index (χ3v) is 3.54. The highest BCUT2D eigenvalue weighted by Crippen LogP contribution is 2.26. The van der Waals surface area contributed by atoms with E-state index < -0.39 is 5.97 Å². The molecule has 18 heavy (non-hydrogen) atoms. The maximum atomic E-state index is 10.9. The van der Waals surface area contributed by atoms with Crippen LogP contribution < -0.4 is 5.32 Å². The van der Waals surface area contributed by atoms with Crippen LogP contribution in [0.5, 0.6) is 0 Å². The number of rotatable bonds is 4. The SMILES string of the molecule is Cc1sc(NC(C)c2ccccc2)nc1C(=O)O. The average Bonchev–Trinajstić information content (AvgIpc) is 2.71. The molecule has 0 aliphatic rings. The number of carboxylic acids is 1. The summed E-state index contributed by atoms with van der Waals surface area (Å²) in [5, 5.41) is 12.8. The van der Waals surface area contributed by atoms with Gasteiger partial charge in [-0.05, 0) is 19.4 Å². The lowest BCUT2D eigenvalue weighted by Crippen LogP contribution is -2.06. The summed E-state index contributed by atoms with van der Waals surface area (Å²) >= 11 is 1.36. The van der Waals surface area contributed by atoms with E-state index in [-0.39, 0.29) is 11.7 Å². The van der Waals surface area contributed by atoms with Crippen LogP contribution in [0, 0.1) is 6.92 Å². The van der Waals surface area contributed by atoms with Gasteiger partial charge in [-0.25, -0.2) is 9.78 Å². The first-order valence-corrected chi connectivity index (χ1v) is 6.42. The Morgan fingerprint density at radius 3 is 2.61 bits per heavy atom. The predicted octanol–water partition coefficient (Wildman–Crippen LogP) is 3.32. The largest absolute Gasteiger partial charge is 0.476 e. The summed E-state index contributed by atoms with van der Waals surface area (Å²) in [5.41, 5.74) is 1.27. The number of carbonyl (C=O) groups is 1. The van der Waals surface area contributed by atoms with Crippen LogP contribution in [0.2, 0.25) is 0 Å². The van der Waals surface area contributed by atoms with Gasteiger partial charge in [0.05, 0.1) is 6.04 Å². The standard InChI is InChI=1S/C13H14N2O2S/c1-8(10-6-4-3-5-7-10)14-13-15-11(12(16)17)9(2)18-13/h3-8H,1-2H3,(H,14,15)(H,16,17). The summed E-state index contributed by atoms with van der Waals surface area (Å²) in [7, 11) is 0. The van der Waals surface area contributed by atoms with Gasteiger partial charge in [-0.1, -0.05) is 30.3 Å². The highest BCUT2D eigenvalue weighted by Gasteiger charge is 2.15. The number of nitrogens with one attached hydrogen (secondary N) is 1. The van der Waals surface area contributed by atoms with Crippen molar-refractivity contribution in [2.24, 2.45) is 0 Å². The fraction of sp³-hybridized carbons (Fsp3) is 0.231. The molecule has 1 aromatic carbocycles. The second kappa shape index (κ2) is 5.18. The maximum absolute atomic E-state index is 10.9. The van der Waals surface area contributed by atoms with Crippen molar-refractivity contribution in [2.75, 3.05) is 5.32 Å². The number of anilines is 1. The van der Waals surface area contributed by atoms with Gasteiger partial charge in [0.2, 0.25) is 0 Å². The molecule has 2 aromatic rings. The zero-order valence-corrected chi connectivity index (χ0v) is 11.0. The van der Waals surface area contributed by atoms with Gasteiger partial charge in [0, 0.05) is 4.88 Å². The quantitative estimate of drug-likeness (QED) is 0.887. The third kappa shape index (κ3) is 2.68. The van der Waals surface area contributed by atoms with E-state index in [0.29, 0.717) is 10.0 Å². The molecule has 5 heteroatoms. The Labute approximate surface area is 109 Å². The molecule has 0 spiro atoms. The Balaban J connectivity index is 2.15.